The molecule has 2 heterocycles. The smallest absolute Gasteiger partial charge is 0.231 e. The molecular formula is C16H15N3OS. The molecule has 1 atom stereocenters. The van der Waals surface area contributed by atoms with Gasteiger partial charge >= 0.3 is 0 Å². The van der Waals surface area contributed by atoms with Gasteiger partial charge in [-0.05, 0) is 29.3 Å². The number of nitriles is 1. The van der Waals surface area contributed by atoms with Gasteiger partial charge in [-0.2, -0.15) is 5.26 Å². The van der Waals surface area contributed by atoms with E-state index in [2.05, 4.69) is 6.07 Å². The Bertz CT molecular complexity index is 744. The van der Waals surface area contributed by atoms with E-state index >= 15 is 0 Å². The first kappa shape index (κ1) is 13.8. The number of benzene rings is 1. The number of carbonyl (C=O) groups is 1. The molecule has 0 aliphatic carbocycles. The third-order valence-corrected chi connectivity index (χ3v) is 4.85. The van der Waals surface area contributed by atoms with Crippen molar-refractivity contribution < 1.29 is 4.79 Å². The summed E-state index contributed by atoms with van der Waals surface area (Å²) in [7, 11) is 1.81. The Balaban J connectivity index is 1.89. The van der Waals surface area contributed by atoms with Crippen LogP contribution in [0.3, 0.4) is 0 Å². The highest BCUT2D eigenvalue weighted by Gasteiger charge is 2.24. The fourth-order valence-electron chi connectivity index (χ4n) is 2.50. The van der Waals surface area contributed by atoms with Gasteiger partial charge in [0.05, 0.1) is 18.5 Å². The molecule has 0 spiro atoms. The Morgan fingerprint density at radius 1 is 1.43 bits per heavy atom. The molecule has 0 saturated heterocycles. The summed E-state index contributed by atoms with van der Waals surface area (Å²) in [5.74, 6) is 0.133. The zero-order valence-electron chi connectivity index (χ0n) is 11.7. The second-order valence-electron chi connectivity index (χ2n) is 5.18. The van der Waals surface area contributed by atoms with Gasteiger partial charge in [0.1, 0.15) is 0 Å². The first-order chi connectivity index (χ1) is 10.1. The molecule has 0 bridgehead atoms. The molecule has 1 aromatic heterocycles. The molecule has 1 aromatic carbocycles. The minimum atomic E-state index is -0.458. The van der Waals surface area contributed by atoms with Crippen LogP contribution in [0.15, 0.2) is 30.3 Å². The van der Waals surface area contributed by atoms with Crippen LogP contribution in [-0.2, 0) is 17.6 Å². The predicted molar refractivity (Wildman–Crippen MR) is 84.2 cm³/mol. The maximum atomic E-state index is 11.7. The summed E-state index contributed by atoms with van der Waals surface area (Å²) in [4.78, 5) is 15.7. The van der Waals surface area contributed by atoms with Gasteiger partial charge < -0.3 is 10.6 Å². The molecule has 0 unspecified atom stereocenters. The van der Waals surface area contributed by atoms with Gasteiger partial charge in [-0.1, -0.05) is 12.1 Å². The molecular weight excluding hydrogens is 282 g/mol. The van der Waals surface area contributed by atoms with E-state index in [1.807, 2.05) is 37.4 Å². The predicted octanol–water partition coefficient (Wildman–Crippen LogP) is 2.33. The van der Waals surface area contributed by atoms with Crippen molar-refractivity contribution in [2.45, 2.75) is 18.9 Å². The van der Waals surface area contributed by atoms with Crippen LogP contribution >= 0.6 is 11.3 Å². The maximum absolute atomic E-state index is 11.7. The van der Waals surface area contributed by atoms with E-state index in [-0.39, 0.29) is 5.91 Å². The van der Waals surface area contributed by atoms with Crippen molar-refractivity contribution in [3.05, 3.63) is 40.8 Å². The highest BCUT2D eigenvalue weighted by molar-refractivity contribution is 7.15. The van der Waals surface area contributed by atoms with Gasteiger partial charge in [0.15, 0.2) is 0 Å². The first-order valence-electron chi connectivity index (χ1n) is 6.72. The number of hydrogen-bond donors (Lipinski definition) is 1. The van der Waals surface area contributed by atoms with Crippen LogP contribution < -0.4 is 10.6 Å². The van der Waals surface area contributed by atoms with Crippen molar-refractivity contribution in [3.63, 3.8) is 0 Å². The highest BCUT2D eigenvalue weighted by Crippen LogP contribution is 2.35. The van der Waals surface area contributed by atoms with Crippen LogP contribution in [0.1, 0.15) is 10.4 Å². The van der Waals surface area contributed by atoms with Crippen LogP contribution in [-0.4, -0.2) is 19.0 Å². The summed E-state index contributed by atoms with van der Waals surface area (Å²) in [6.07, 6.45) is 1.06. The van der Waals surface area contributed by atoms with Crippen LogP contribution in [0.4, 0.5) is 5.69 Å². The summed E-state index contributed by atoms with van der Waals surface area (Å²) < 4.78 is 0. The SMILES string of the molecule is CN1C(=O)Cc2ccc(-c3ccc(C[C@H](N)C#N)s3)cc21. The van der Waals surface area contributed by atoms with Gasteiger partial charge in [-0.25, -0.2) is 0 Å². The van der Waals surface area contributed by atoms with E-state index in [1.54, 1.807) is 16.2 Å². The van der Waals surface area contributed by atoms with Gasteiger partial charge in [-0.3, -0.25) is 4.79 Å². The van der Waals surface area contributed by atoms with Crippen molar-refractivity contribution in [3.8, 4) is 16.5 Å². The second-order valence-corrected chi connectivity index (χ2v) is 6.35. The number of fused-ring (bicyclic) bond motifs is 1. The molecule has 0 radical (unpaired) electrons. The van der Waals surface area contributed by atoms with Crippen molar-refractivity contribution in [2.24, 2.45) is 5.73 Å². The summed E-state index contributed by atoms with van der Waals surface area (Å²) in [6.45, 7) is 0. The summed E-state index contributed by atoms with van der Waals surface area (Å²) in [6, 6.07) is 11.8. The van der Waals surface area contributed by atoms with E-state index in [1.165, 1.54) is 0 Å². The molecule has 0 fully saturated rings. The topological polar surface area (TPSA) is 70.1 Å². The summed E-state index contributed by atoms with van der Waals surface area (Å²) in [5, 5.41) is 8.77. The average Bonchev–Trinajstić information content (AvgIpc) is 3.05. The number of amides is 1. The molecule has 106 valence electrons. The molecule has 3 rings (SSSR count). The van der Waals surface area contributed by atoms with Crippen molar-refractivity contribution in [1.29, 1.82) is 5.26 Å². The monoisotopic (exact) mass is 297 g/mol. The normalized spacial score (nSPS) is 14.9. The fourth-order valence-corrected chi connectivity index (χ4v) is 3.56. The lowest BCUT2D eigenvalue weighted by Crippen LogP contribution is -2.20. The van der Waals surface area contributed by atoms with Gasteiger partial charge in [0.25, 0.3) is 0 Å². The van der Waals surface area contributed by atoms with E-state index in [0.29, 0.717) is 12.8 Å². The van der Waals surface area contributed by atoms with Crippen LogP contribution in [0, 0.1) is 11.3 Å². The Morgan fingerprint density at radius 2 is 2.24 bits per heavy atom. The Kier molecular flexibility index (Phi) is 3.50. The number of hydrogen-bond acceptors (Lipinski definition) is 4. The highest BCUT2D eigenvalue weighted by atomic mass is 32.1. The number of nitrogens with zero attached hydrogens (tertiary/aromatic N) is 2. The van der Waals surface area contributed by atoms with Crippen LogP contribution in [0.2, 0.25) is 0 Å². The van der Waals surface area contributed by atoms with Gasteiger partial charge in [0, 0.05) is 28.9 Å². The van der Waals surface area contributed by atoms with Crippen molar-refractivity contribution in [2.75, 3.05) is 11.9 Å². The lowest BCUT2D eigenvalue weighted by atomic mass is 10.1. The molecule has 2 aromatic rings. The molecule has 4 nitrogen and oxygen atoms in total. The molecule has 1 aliphatic heterocycles. The van der Waals surface area contributed by atoms with E-state index < -0.39 is 6.04 Å². The summed E-state index contributed by atoms with van der Waals surface area (Å²) >= 11 is 1.64. The number of likely N-dealkylation sites (N-methyl/N-ethyl adjacent to an activating group) is 1. The largest absolute Gasteiger partial charge is 0.316 e. The molecule has 1 amide bonds. The zero-order valence-corrected chi connectivity index (χ0v) is 12.5. The first-order valence-corrected chi connectivity index (χ1v) is 7.54. The molecule has 21 heavy (non-hydrogen) atoms. The van der Waals surface area contributed by atoms with Crippen molar-refractivity contribution in [1.82, 2.24) is 0 Å². The minimum absolute atomic E-state index is 0.133. The third kappa shape index (κ3) is 2.56. The van der Waals surface area contributed by atoms with Crippen LogP contribution in [0.25, 0.3) is 10.4 Å². The van der Waals surface area contributed by atoms with E-state index in [0.717, 1.165) is 26.6 Å². The second kappa shape index (κ2) is 5.32. The summed E-state index contributed by atoms with van der Waals surface area (Å²) in [5.41, 5.74) is 8.82. The minimum Gasteiger partial charge on any atom is -0.316 e. The Morgan fingerprint density at radius 3 is 3.00 bits per heavy atom. The van der Waals surface area contributed by atoms with E-state index in [9.17, 15) is 4.79 Å². The van der Waals surface area contributed by atoms with E-state index in [4.69, 9.17) is 11.0 Å². The fraction of sp³-hybridized carbons (Fsp3) is 0.250. The number of nitrogens with two attached hydrogens (primary N) is 1. The Labute approximate surface area is 127 Å². The zero-order chi connectivity index (χ0) is 15.0. The number of carbonyl (C=O) groups excluding carboxylic acids is 1. The maximum Gasteiger partial charge on any atom is 0.231 e. The third-order valence-electron chi connectivity index (χ3n) is 3.70. The number of thiophene rings is 1. The lowest BCUT2D eigenvalue weighted by molar-refractivity contribution is -0.117. The average molecular weight is 297 g/mol. The standard InChI is InChI=1S/C16H15N3OS/c1-19-14-6-11(3-2-10(14)7-16(19)20)15-5-4-13(21-15)8-12(18)9-17/h2-6,12H,7-8,18H2,1H3/t12-/m0/s1. The van der Waals surface area contributed by atoms with Crippen molar-refractivity contribution >= 4 is 22.9 Å². The molecule has 1 aliphatic rings. The van der Waals surface area contributed by atoms with Crippen LogP contribution in [0.5, 0.6) is 0 Å². The quantitative estimate of drug-likeness (QED) is 0.945. The molecule has 0 saturated carbocycles. The molecule has 2 N–H and O–H groups in total. The molecule has 5 heteroatoms. The Hall–Kier alpha value is -2.16. The number of anilines is 1. The number of rotatable bonds is 3. The van der Waals surface area contributed by atoms with Gasteiger partial charge in [0.2, 0.25) is 5.91 Å². The lowest BCUT2D eigenvalue weighted by Gasteiger charge is -2.10. The van der Waals surface area contributed by atoms with Gasteiger partial charge in [-0.15, -0.1) is 11.3 Å².